The average molecular weight is 171 g/mol. The predicted octanol–water partition coefficient (Wildman–Crippen LogP) is 1.23. The molecule has 1 heterocycles. The van der Waals surface area contributed by atoms with Gasteiger partial charge in [-0.05, 0) is 30.9 Å². The number of hydrogen-bond acceptors (Lipinski definition) is 4. The van der Waals surface area contributed by atoms with Crippen molar-refractivity contribution in [3.8, 4) is 0 Å². The lowest BCUT2D eigenvalue weighted by Gasteiger charge is -1.99. The summed E-state index contributed by atoms with van der Waals surface area (Å²) in [6.45, 7) is 0. The molecule has 1 aromatic heterocycles. The van der Waals surface area contributed by atoms with Crippen LogP contribution >= 0.6 is 11.9 Å². The molecule has 1 saturated carbocycles. The molecule has 2 rings (SSSR count). The Morgan fingerprint density at radius 3 is 2.82 bits per heavy atom. The molecule has 0 unspecified atom stereocenters. The fraction of sp³-hybridized carbons (Fsp3) is 0.429. The zero-order valence-corrected chi connectivity index (χ0v) is 6.73. The molecule has 0 saturated heterocycles. The number of furan rings is 1. The van der Waals surface area contributed by atoms with Crippen molar-refractivity contribution < 1.29 is 9.52 Å². The van der Waals surface area contributed by atoms with Gasteiger partial charge in [0, 0.05) is 5.56 Å². The molecule has 0 aromatic carbocycles. The van der Waals surface area contributed by atoms with Gasteiger partial charge in [0.2, 0.25) is 0 Å². The third-order valence-electron chi connectivity index (χ3n) is 1.95. The van der Waals surface area contributed by atoms with E-state index in [0.29, 0.717) is 5.09 Å². The largest absolute Gasteiger partial charge is 0.456 e. The topological polar surface area (TPSA) is 59.4 Å². The van der Waals surface area contributed by atoms with E-state index in [9.17, 15) is 5.11 Å². The van der Waals surface area contributed by atoms with Gasteiger partial charge in [-0.15, -0.1) is 0 Å². The van der Waals surface area contributed by atoms with E-state index in [2.05, 4.69) is 0 Å². The van der Waals surface area contributed by atoms with Crippen LogP contribution in [-0.2, 0) is 5.60 Å². The molecule has 0 amide bonds. The normalized spacial score (nSPS) is 20.2. The molecule has 0 bridgehead atoms. The van der Waals surface area contributed by atoms with Crippen molar-refractivity contribution in [3.63, 3.8) is 0 Å². The van der Waals surface area contributed by atoms with Gasteiger partial charge in [0.1, 0.15) is 0 Å². The van der Waals surface area contributed by atoms with Crippen LogP contribution in [-0.4, -0.2) is 5.11 Å². The third kappa shape index (κ3) is 1.17. The van der Waals surface area contributed by atoms with Crippen molar-refractivity contribution >= 4 is 11.9 Å². The Labute approximate surface area is 68.7 Å². The first-order chi connectivity index (χ1) is 5.24. The smallest absolute Gasteiger partial charge is 0.175 e. The minimum absolute atomic E-state index is 0.600. The van der Waals surface area contributed by atoms with Gasteiger partial charge in [-0.25, -0.2) is 0 Å². The summed E-state index contributed by atoms with van der Waals surface area (Å²) in [6, 6.07) is 1.79. The van der Waals surface area contributed by atoms with E-state index in [1.807, 2.05) is 0 Å². The summed E-state index contributed by atoms with van der Waals surface area (Å²) in [5, 5.41) is 15.5. The number of hydrogen-bond donors (Lipinski definition) is 2. The first-order valence-corrected chi connectivity index (χ1v) is 4.31. The minimum atomic E-state index is -0.600. The molecule has 0 radical (unpaired) electrons. The zero-order chi connectivity index (χ0) is 7.90. The molecule has 3 nitrogen and oxygen atoms in total. The Morgan fingerprint density at radius 1 is 1.64 bits per heavy atom. The molecule has 3 N–H and O–H groups in total. The molecule has 1 aliphatic rings. The summed E-state index contributed by atoms with van der Waals surface area (Å²) in [5.41, 5.74) is 0.253. The maximum atomic E-state index is 9.60. The van der Waals surface area contributed by atoms with Gasteiger partial charge in [0.15, 0.2) is 5.09 Å². The van der Waals surface area contributed by atoms with Gasteiger partial charge in [-0.3, -0.25) is 5.14 Å². The summed E-state index contributed by atoms with van der Waals surface area (Å²) in [7, 11) is 0. The molecule has 1 fully saturated rings. The Morgan fingerprint density at radius 2 is 2.36 bits per heavy atom. The van der Waals surface area contributed by atoms with E-state index in [1.165, 1.54) is 0 Å². The van der Waals surface area contributed by atoms with Crippen LogP contribution < -0.4 is 5.14 Å². The standard InChI is InChI=1S/C7H9NO2S/c8-11-6-3-5(4-10-6)7(9)1-2-7/h3-4,9H,1-2,8H2. The van der Waals surface area contributed by atoms with Crippen molar-refractivity contribution in [1.29, 1.82) is 0 Å². The van der Waals surface area contributed by atoms with Crippen LogP contribution in [0.4, 0.5) is 0 Å². The van der Waals surface area contributed by atoms with E-state index in [1.54, 1.807) is 12.3 Å². The molecular formula is C7H9NO2S. The van der Waals surface area contributed by atoms with E-state index in [-0.39, 0.29) is 0 Å². The average Bonchev–Trinajstić information content (AvgIpc) is 2.61. The molecule has 0 atom stereocenters. The van der Waals surface area contributed by atoms with Crippen molar-refractivity contribution in [1.82, 2.24) is 0 Å². The second-order valence-electron chi connectivity index (χ2n) is 2.80. The molecule has 1 aromatic rings. The van der Waals surface area contributed by atoms with E-state index >= 15 is 0 Å². The van der Waals surface area contributed by atoms with Crippen molar-refractivity contribution in [2.45, 2.75) is 23.5 Å². The van der Waals surface area contributed by atoms with Crippen LogP contribution in [0.3, 0.4) is 0 Å². The van der Waals surface area contributed by atoms with E-state index < -0.39 is 5.60 Å². The first-order valence-electron chi connectivity index (χ1n) is 3.43. The summed E-state index contributed by atoms with van der Waals surface area (Å²) in [4.78, 5) is 0. The van der Waals surface area contributed by atoms with Crippen LogP contribution in [0.15, 0.2) is 21.8 Å². The molecular weight excluding hydrogens is 162 g/mol. The Kier molecular flexibility index (Phi) is 1.49. The molecule has 0 spiro atoms. The Balaban J connectivity index is 2.25. The predicted molar refractivity (Wildman–Crippen MR) is 41.9 cm³/mol. The van der Waals surface area contributed by atoms with Gasteiger partial charge in [0.05, 0.1) is 11.9 Å². The van der Waals surface area contributed by atoms with Crippen molar-refractivity contribution in [2.24, 2.45) is 5.14 Å². The highest BCUT2D eigenvalue weighted by Crippen LogP contribution is 2.46. The van der Waals surface area contributed by atoms with Gasteiger partial charge in [-0.1, -0.05) is 0 Å². The third-order valence-corrected chi connectivity index (χ3v) is 2.40. The van der Waals surface area contributed by atoms with E-state index in [0.717, 1.165) is 30.4 Å². The van der Waals surface area contributed by atoms with Crippen LogP contribution in [0.1, 0.15) is 18.4 Å². The van der Waals surface area contributed by atoms with E-state index in [4.69, 9.17) is 9.56 Å². The first kappa shape index (κ1) is 7.21. The van der Waals surface area contributed by atoms with Crippen molar-refractivity contribution in [3.05, 3.63) is 17.9 Å². The fourth-order valence-corrected chi connectivity index (χ4v) is 1.33. The summed E-state index contributed by atoms with van der Waals surface area (Å²) in [5.74, 6) is 0. The molecule has 11 heavy (non-hydrogen) atoms. The second-order valence-corrected chi connectivity index (χ2v) is 3.44. The number of rotatable bonds is 2. The lowest BCUT2D eigenvalue weighted by Crippen LogP contribution is -2.01. The molecule has 4 heteroatoms. The highest BCUT2D eigenvalue weighted by atomic mass is 32.2. The van der Waals surface area contributed by atoms with Gasteiger partial charge >= 0.3 is 0 Å². The lowest BCUT2D eigenvalue weighted by atomic mass is 10.2. The monoisotopic (exact) mass is 171 g/mol. The molecule has 1 aliphatic carbocycles. The minimum Gasteiger partial charge on any atom is -0.456 e. The maximum absolute atomic E-state index is 9.60. The summed E-state index contributed by atoms with van der Waals surface area (Å²) < 4.78 is 5.06. The van der Waals surface area contributed by atoms with Gasteiger partial charge in [-0.2, -0.15) is 0 Å². The van der Waals surface area contributed by atoms with Crippen LogP contribution in [0.5, 0.6) is 0 Å². The lowest BCUT2D eigenvalue weighted by molar-refractivity contribution is 0.150. The quantitative estimate of drug-likeness (QED) is 0.657. The zero-order valence-electron chi connectivity index (χ0n) is 5.91. The van der Waals surface area contributed by atoms with Crippen LogP contribution in [0.25, 0.3) is 0 Å². The van der Waals surface area contributed by atoms with Gasteiger partial charge < -0.3 is 9.52 Å². The maximum Gasteiger partial charge on any atom is 0.175 e. The Hall–Kier alpha value is -0.450. The second kappa shape index (κ2) is 2.27. The summed E-state index contributed by atoms with van der Waals surface area (Å²) >= 11 is 1.06. The number of aliphatic hydroxyl groups is 1. The fourth-order valence-electron chi connectivity index (χ4n) is 1.03. The summed E-state index contributed by atoms with van der Waals surface area (Å²) in [6.07, 6.45) is 3.24. The molecule has 0 aliphatic heterocycles. The van der Waals surface area contributed by atoms with Crippen LogP contribution in [0.2, 0.25) is 0 Å². The number of nitrogens with two attached hydrogens (primary N) is 1. The molecule has 60 valence electrons. The van der Waals surface area contributed by atoms with Crippen molar-refractivity contribution in [2.75, 3.05) is 0 Å². The highest BCUT2D eigenvalue weighted by Gasteiger charge is 2.43. The Bertz CT molecular complexity index is 267. The SMILES string of the molecule is NSc1cc(C2(O)CC2)co1. The van der Waals surface area contributed by atoms with Crippen LogP contribution in [0, 0.1) is 0 Å². The van der Waals surface area contributed by atoms with Gasteiger partial charge in [0.25, 0.3) is 0 Å². The highest BCUT2D eigenvalue weighted by molar-refractivity contribution is 7.96.